The van der Waals surface area contributed by atoms with Crippen molar-refractivity contribution in [3.8, 4) is 22.9 Å². The highest BCUT2D eigenvalue weighted by Gasteiger charge is 2.38. The molecule has 42 heavy (non-hydrogen) atoms. The second-order valence-corrected chi connectivity index (χ2v) is 8.56. The predicted molar refractivity (Wildman–Crippen MR) is 138 cm³/mol. The molecule has 17 heteroatoms. The number of carbonyl (C=O) groups is 1. The number of nitrogens with zero attached hydrogens (tertiary/aromatic N) is 3. The van der Waals surface area contributed by atoms with Crippen LogP contribution >= 0.6 is 0 Å². The number of carboxylic acids is 1. The Bertz CT molecular complexity index is 1610. The number of hydrogen-bond donors (Lipinski definition) is 5. The third kappa shape index (κ3) is 8.53. The molecule has 11 nitrogen and oxygen atoms in total. The quantitative estimate of drug-likeness (QED) is 0.189. The van der Waals surface area contributed by atoms with Gasteiger partial charge in [-0.3, -0.25) is 4.79 Å². The smallest absolute Gasteiger partial charge is 0.475 e. The number of aliphatic hydroxyl groups is 1. The normalized spacial score (nSPS) is 12.3. The van der Waals surface area contributed by atoms with Gasteiger partial charge in [0.05, 0.1) is 22.9 Å². The number of ether oxygens (including phenoxy) is 1. The molecule has 0 bridgehead atoms. The summed E-state index contributed by atoms with van der Waals surface area (Å²) < 4.78 is 76.6. The number of carboxylic acid groups (broad SMARTS) is 1. The van der Waals surface area contributed by atoms with Gasteiger partial charge in [0.25, 0.3) is 5.56 Å². The molecule has 1 unspecified atom stereocenters. The van der Waals surface area contributed by atoms with Crippen LogP contribution in [0.4, 0.5) is 38.1 Å². The summed E-state index contributed by atoms with van der Waals surface area (Å²) in [7, 11) is 0. The van der Waals surface area contributed by atoms with Gasteiger partial charge in [-0.2, -0.15) is 31.3 Å². The van der Waals surface area contributed by atoms with Crippen molar-refractivity contribution in [1.82, 2.24) is 19.9 Å². The Morgan fingerprint density at radius 2 is 1.71 bits per heavy atom. The molecule has 2 aromatic heterocycles. The number of aliphatic carboxylic acids is 1. The minimum atomic E-state index is -5.08. The topological polar surface area (TPSA) is 176 Å². The minimum Gasteiger partial charge on any atom is -0.475 e. The summed E-state index contributed by atoms with van der Waals surface area (Å²) in [5, 5.41) is 19.6. The Labute approximate surface area is 232 Å². The zero-order valence-corrected chi connectivity index (χ0v) is 21.4. The lowest BCUT2D eigenvalue weighted by atomic mass is 10.1. The number of nitrogen functional groups attached to an aromatic ring is 1. The van der Waals surface area contributed by atoms with Crippen molar-refractivity contribution >= 4 is 28.8 Å². The Kier molecular flexibility index (Phi) is 9.56. The molecule has 0 fully saturated rings. The van der Waals surface area contributed by atoms with Gasteiger partial charge in [0.2, 0.25) is 11.8 Å². The molecular weight excluding hydrogens is 578 g/mol. The number of anilines is 2. The maximum absolute atomic E-state index is 13.0. The number of hydrogen-bond acceptors (Lipinski definition) is 9. The van der Waals surface area contributed by atoms with Gasteiger partial charge in [0, 0.05) is 18.2 Å². The molecular formula is C25H22F6N6O5. The number of aromatic amines is 1. The lowest BCUT2D eigenvalue weighted by molar-refractivity contribution is -0.192. The monoisotopic (exact) mass is 600 g/mol. The van der Waals surface area contributed by atoms with E-state index < -0.39 is 35.5 Å². The Hall–Kier alpha value is -4.93. The van der Waals surface area contributed by atoms with Crippen LogP contribution in [-0.2, 0) is 11.0 Å². The summed E-state index contributed by atoms with van der Waals surface area (Å²) in [5.41, 5.74) is 5.74. The van der Waals surface area contributed by atoms with E-state index in [9.17, 15) is 36.2 Å². The summed E-state index contributed by atoms with van der Waals surface area (Å²) >= 11 is 0. The Morgan fingerprint density at radius 3 is 2.29 bits per heavy atom. The molecule has 0 saturated heterocycles. The van der Waals surface area contributed by atoms with Crippen LogP contribution in [0.2, 0.25) is 0 Å². The van der Waals surface area contributed by atoms with Crippen LogP contribution in [0.3, 0.4) is 0 Å². The molecule has 0 aliphatic carbocycles. The van der Waals surface area contributed by atoms with Gasteiger partial charge in [-0.25, -0.2) is 14.8 Å². The summed E-state index contributed by atoms with van der Waals surface area (Å²) in [6.07, 6.45) is -9.67. The van der Waals surface area contributed by atoms with E-state index in [1.54, 1.807) is 25.1 Å². The fourth-order valence-corrected chi connectivity index (χ4v) is 3.22. The first kappa shape index (κ1) is 31.6. The fourth-order valence-electron chi connectivity index (χ4n) is 3.22. The summed E-state index contributed by atoms with van der Waals surface area (Å²) in [6, 6.07) is 10.9. The number of aliphatic hydroxyl groups excluding tert-OH is 1. The van der Waals surface area contributed by atoms with E-state index >= 15 is 0 Å². The molecule has 2 aromatic carbocycles. The lowest BCUT2D eigenvalue weighted by Gasteiger charge is -2.13. The third-order valence-electron chi connectivity index (χ3n) is 5.22. The lowest BCUT2D eigenvalue weighted by Crippen LogP contribution is -2.21. The van der Waals surface area contributed by atoms with Crippen molar-refractivity contribution in [1.29, 1.82) is 0 Å². The van der Waals surface area contributed by atoms with Crippen molar-refractivity contribution in [3.63, 3.8) is 0 Å². The second-order valence-electron chi connectivity index (χ2n) is 8.56. The van der Waals surface area contributed by atoms with Gasteiger partial charge in [-0.15, -0.1) is 0 Å². The van der Waals surface area contributed by atoms with Gasteiger partial charge in [-0.1, -0.05) is 18.2 Å². The molecule has 0 spiro atoms. The molecule has 0 amide bonds. The number of alkyl halides is 6. The van der Waals surface area contributed by atoms with E-state index in [1.807, 2.05) is 0 Å². The second kappa shape index (κ2) is 12.7. The molecule has 0 saturated carbocycles. The maximum atomic E-state index is 13.0. The Balaban J connectivity index is 0.000000616. The van der Waals surface area contributed by atoms with Crippen LogP contribution in [0.5, 0.6) is 11.6 Å². The first-order valence-corrected chi connectivity index (χ1v) is 11.8. The number of aromatic nitrogens is 4. The van der Waals surface area contributed by atoms with Crippen LogP contribution in [0.25, 0.3) is 22.3 Å². The van der Waals surface area contributed by atoms with E-state index in [2.05, 4.69) is 25.3 Å². The van der Waals surface area contributed by atoms with Gasteiger partial charge in [0.15, 0.2) is 11.6 Å². The van der Waals surface area contributed by atoms with E-state index in [0.29, 0.717) is 35.3 Å². The number of para-hydroxylation sites is 1. The van der Waals surface area contributed by atoms with E-state index in [0.717, 1.165) is 12.1 Å². The van der Waals surface area contributed by atoms with E-state index in [-0.39, 0.29) is 23.4 Å². The van der Waals surface area contributed by atoms with Crippen LogP contribution in [0, 0.1) is 0 Å². The predicted octanol–water partition coefficient (Wildman–Crippen LogP) is 4.59. The first-order chi connectivity index (χ1) is 19.5. The third-order valence-corrected chi connectivity index (χ3v) is 5.22. The van der Waals surface area contributed by atoms with Crippen molar-refractivity contribution < 1.29 is 46.1 Å². The van der Waals surface area contributed by atoms with Crippen LogP contribution < -0.4 is 21.3 Å². The highest BCUT2D eigenvalue weighted by molar-refractivity contribution is 5.82. The zero-order valence-electron chi connectivity index (χ0n) is 21.4. The summed E-state index contributed by atoms with van der Waals surface area (Å²) in [6.45, 7) is 1.99. The minimum absolute atomic E-state index is 0.0773. The zero-order chi connectivity index (χ0) is 31.2. The SMILES string of the molecule is CC(O)CCNc1nc(Oc2cccc3[nH]c(=O)c(N)nc23)cc(-c2ccc(C(F)(F)F)cc2)n1.O=C(O)C(F)(F)F. The number of fused-ring (bicyclic) bond motifs is 1. The molecule has 6 N–H and O–H groups in total. The summed E-state index contributed by atoms with van der Waals surface area (Å²) in [5.74, 6) is -2.51. The number of H-pyrrole nitrogens is 1. The number of nitrogens with two attached hydrogens (primary N) is 1. The standard InChI is InChI=1S/C23H21F3N6O3.C2HF3O2/c1-12(33)9-10-28-22-30-16(13-5-7-14(8-6-13)23(24,25)26)11-18(31-22)35-17-4-2-3-15-19(17)32-20(27)21(34)29-15;3-2(4,5)1(6)7/h2-8,11-12,33H,9-10H2,1H3,(H2,27,32)(H,29,34)(H,28,30,31);(H,6,7). The van der Waals surface area contributed by atoms with Crippen molar-refractivity contribution in [2.45, 2.75) is 31.8 Å². The molecule has 1 atom stereocenters. The number of rotatable bonds is 7. The van der Waals surface area contributed by atoms with Crippen molar-refractivity contribution in [2.24, 2.45) is 0 Å². The number of nitrogens with one attached hydrogen (secondary N) is 2. The maximum Gasteiger partial charge on any atom is 0.490 e. The fraction of sp³-hybridized carbons (Fsp3) is 0.240. The molecule has 4 rings (SSSR count). The molecule has 4 aromatic rings. The number of halogens is 6. The summed E-state index contributed by atoms with van der Waals surface area (Å²) in [4.78, 5) is 36.1. The molecule has 2 heterocycles. The van der Waals surface area contributed by atoms with Gasteiger partial charge < -0.3 is 31.0 Å². The molecule has 224 valence electrons. The highest BCUT2D eigenvalue weighted by Crippen LogP contribution is 2.33. The van der Waals surface area contributed by atoms with Crippen LogP contribution in [-0.4, -0.2) is 54.9 Å². The number of benzene rings is 2. The van der Waals surface area contributed by atoms with Crippen molar-refractivity contribution in [2.75, 3.05) is 17.6 Å². The molecule has 0 aliphatic rings. The molecule has 0 radical (unpaired) electrons. The average Bonchev–Trinajstić information content (AvgIpc) is 2.89. The molecule has 0 aliphatic heterocycles. The van der Waals surface area contributed by atoms with Crippen LogP contribution in [0.15, 0.2) is 53.3 Å². The highest BCUT2D eigenvalue weighted by atomic mass is 19.4. The van der Waals surface area contributed by atoms with Gasteiger partial charge in [0.1, 0.15) is 5.52 Å². The van der Waals surface area contributed by atoms with E-state index in [1.165, 1.54) is 18.2 Å². The van der Waals surface area contributed by atoms with Crippen LogP contribution in [0.1, 0.15) is 18.9 Å². The van der Waals surface area contributed by atoms with Gasteiger partial charge in [-0.05, 0) is 37.6 Å². The Morgan fingerprint density at radius 1 is 1.07 bits per heavy atom. The first-order valence-electron chi connectivity index (χ1n) is 11.8. The van der Waals surface area contributed by atoms with E-state index in [4.69, 9.17) is 20.4 Å². The largest absolute Gasteiger partial charge is 0.490 e. The van der Waals surface area contributed by atoms with Crippen molar-refractivity contribution in [3.05, 3.63) is 64.4 Å². The average molecular weight is 600 g/mol. The van der Waals surface area contributed by atoms with Gasteiger partial charge >= 0.3 is 18.3 Å².